The number of sulfonamides is 1. The third-order valence-electron chi connectivity index (χ3n) is 2.91. The highest BCUT2D eigenvalue weighted by Crippen LogP contribution is 2.31. The van der Waals surface area contributed by atoms with Crippen LogP contribution < -0.4 is 5.73 Å². The third kappa shape index (κ3) is 2.72. The van der Waals surface area contributed by atoms with Gasteiger partial charge in [-0.05, 0) is 18.8 Å². The molecule has 0 amide bonds. The van der Waals surface area contributed by atoms with Crippen molar-refractivity contribution in [3.8, 4) is 0 Å². The van der Waals surface area contributed by atoms with Crippen LogP contribution in [0.4, 0.5) is 0 Å². The maximum Gasteiger partial charge on any atom is 0.214 e. The van der Waals surface area contributed by atoms with Crippen molar-refractivity contribution in [3.05, 3.63) is 0 Å². The van der Waals surface area contributed by atoms with Crippen LogP contribution in [0, 0.1) is 11.3 Å². The number of amidine groups is 1. The lowest BCUT2D eigenvalue weighted by Crippen LogP contribution is -2.50. The van der Waals surface area contributed by atoms with Crippen LogP contribution >= 0.6 is 0 Å². The number of nitrogens with one attached hydrogen (secondary N) is 1. The Hall–Kier alpha value is -0.660. The lowest BCUT2D eigenvalue weighted by atomic mass is 10.3. The zero-order valence-corrected chi connectivity index (χ0v) is 9.87. The fourth-order valence-electron chi connectivity index (χ4n) is 1.75. The lowest BCUT2D eigenvalue weighted by Gasteiger charge is -2.31. The van der Waals surface area contributed by atoms with E-state index in [1.807, 2.05) is 0 Å². The molecule has 0 radical (unpaired) electrons. The SMILES string of the molecule is N=C(N)C1CN(S(=O)(=O)CC2CC2)CCO1. The molecule has 0 aromatic heterocycles. The molecule has 0 aromatic rings. The van der Waals surface area contributed by atoms with Crippen molar-refractivity contribution >= 4 is 15.9 Å². The minimum absolute atomic E-state index is 0.105. The summed E-state index contributed by atoms with van der Waals surface area (Å²) < 4.78 is 30.6. The molecule has 6 nitrogen and oxygen atoms in total. The first kappa shape index (κ1) is 11.8. The smallest absolute Gasteiger partial charge is 0.214 e. The van der Waals surface area contributed by atoms with Crippen molar-refractivity contribution in [1.82, 2.24) is 4.31 Å². The topological polar surface area (TPSA) is 96.5 Å². The fraction of sp³-hybridized carbons (Fsp3) is 0.889. The Morgan fingerprint density at radius 2 is 2.19 bits per heavy atom. The van der Waals surface area contributed by atoms with Gasteiger partial charge in [0.2, 0.25) is 10.0 Å². The van der Waals surface area contributed by atoms with Gasteiger partial charge < -0.3 is 10.5 Å². The second-order valence-electron chi connectivity index (χ2n) is 4.39. The monoisotopic (exact) mass is 247 g/mol. The molecule has 3 N–H and O–H groups in total. The Bertz CT molecular complexity index is 377. The predicted octanol–water partition coefficient (Wildman–Crippen LogP) is -0.637. The van der Waals surface area contributed by atoms with Gasteiger partial charge in [-0.25, -0.2) is 8.42 Å². The number of rotatable bonds is 4. The van der Waals surface area contributed by atoms with Crippen molar-refractivity contribution in [1.29, 1.82) is 5.41 Å². The number of nitrogens with two attached hydrogens (primary N) is 1. The maximum absolute atomic E-state index is 12.0. The molecular weight excluding hydrogens is 230 g/mol. The van der Waals surface area contributed by atoms with Gasteiger partial charge >= 0.3 is 0 Å². The second kappa shape index (κ2) is 4.31. The van der Waals surface area contributed by atoms with Crippen molar-refractivity contribution in [2.45, 2.75) is 18.9 Å². The van der Waals surface area contributed by atoms with E-state index in [1.54, 1.807) is 0 Å². The van der Waals surface area contributed by atoms with E-state index in [9.17, 15) is 8.42 Å². The summed E-state index contributed by atoms with van der Waals surface area (Å²) in [5, 5.41) is 7.27. The van der Waals surface area contributed by atoms with Crippen molar-refractivity contribution < 1.29 is 13.2 Å². The van der Waals surface area contributed by atoms with E-state index in [2.05, 4.69) is 0 Å². The Labute approximate surface area is 95.3 Å². The quantitative estimate of drug-likeness (QED) is 0.510. The lowest BCUT2D eigenvalue weighted by molar-refractivity contribution is 0.0368. The van der Waals surface area contributed by atoms with Crippen LogP contribution in [0.25, 0.3) is 0 Å². The van der Waals surface area contributed by atoms with Crippen LogP contribution in [-0.4, -0.2) is 50.1 Å². The fourth-order valence-corrected chi connectivity index (χ4v) is 3.61. The highest BCUT2D eigenvalue weighted by atomic mass is 32.2. The van der Waals surface area contributed by atoms with Gasteiger partial charge in [0.05, 0.1) is 12.4 Å². The maximum atomic E-state index is 12.0. The molecule has 92 valence electrons. The van der Waals surface area contributed by atoms with Gasteiger partial charge in [-0.1, -0.05) is 0 Å². The van der Waals surface area contributed by atoms with Crippen molar-refractivity contribution in [2.75, 3.05) is 25.4 Å². The molecule has 0 aromatic carbocycles. The molecule has 2 aliphatic rings. The van der Waals surface area contributed by atoms with Crippen LogP contribution in [0.1, 0.15) is 12.8 Å². The summed E-state index contributed by atoms with van der Waals surface area (Å²) in [7, 11) is -3.19. The Balaban J connectivity index is 1.99. The van der Waals surface area contributed by atoms with Crippen molar-refractivity contribution in [3.63, 3.8) is 0 Å². The van der Waals surface area contributed by atoms with Gasteiger partial charge in [-0.2, -0.15) is 4.31 Å². The van der Waals surface area contributed by atoms with E-state index in [0.717, 1.165) is 12.8 Å². The first-order chi connectivity index (χ1) is 7.49. The molecule has 16 heavy (non-hydrogen) atoms. The summed E-state index contributed by atoms with van der Waals surface area (Å²) in [4.78, 5) is 0. The summed E-state index contributed by atoms with van der Waals surface area (Å²) in [5.74, 6) is 0.465. The molecular formula is C9H17N3O3S. The normalized spacial score (nSPS) is 27.9. The van der Waals surface area contributed by atoms with Crippen LogP contribution in [0.15, 0.2) is 0 Å². The van der Waals surface area contributed by atoms with Gasteiger partial charge in [0.25, 0.3) is 0 Å². The van der Waals surface area contributed by atoms with E-state index < -0.39 is 16.1 Å². The summed E-state index contributed by atoms with van der Waals surface area (Å²) in [6.45, 7) is 0.872. The second-order valence-corrected chi connectivity index (χ2v) is 6.41. The van der Waals surface area contributed by atoms with E-state index in [1.165, 1.54) is 4.31 Å². The zero-order valence-electron chi connectivity index (χ0n) is 9.05. The first-order valence-electron chi connectivity index (χ1n) is 5.42. The highest BCUT2D eigenvalue weighted by molar-refractivity contribution is 7.89. The van der Waals surface area contributed by atoms with E-state index in [0.29, 0.717) is 19.1 Å². The summed E-state index contributed by atoms with van der Waals surface area (Å²) in [6, 6.07) is 0. The minimum Gasteiger partial charge on any atom is -0.385 e. The average molecular weight is 247 g/mol. The van der Waals surface area contributed by atoms with Gasteiger partial charge in [-0.3, -0.25) is 5.41 Å². The molecule has 1 saturated heterocycles. The van der Waals surface area contributed by atoms with Crippen LogP contribution in [0.3, 0.4) is 0 Å². The van der Waals surface area contributed by atoms with Gasteiger partial charge in [0.15, 0.2) is 0 Å². The molecule has 2 rings (SSSR count). The summed E-state index contributed by atoms with van der Waals surface area (Å²) in [5.41, 5.74) is 5.32. The molecule has 7 heteroatoms. The highest BCUT2D eigenvalue weighted by Gasteiger charge is 2.35. The molecule has 0 bridgehead atoms. The zero-order chi connectivity index (χ0) is 11.8. The number of nitrogens with zero attached hydrogens (tertiary/aromatic N) is 1. The number of hydrogen-bond acceptors (Lipinski definition) is 4. The number of morpholine rings is 1. The molecule has 1 atom stereocenters. The average Bonchev–Trinajstić information content (AvgIpc) is 3.01. The van der Waals surface area contributed by atoms with Gasteiger partial charge in [0, 0.05) is 13.1 Å². The van der Waals surface area contributed by atoms with Gasteiger partial charge in [-0.15, -0.1) is 0 Å². The van der Waals surface area contributed by atoms with Crippen LogP contribution in [0.5, 0.6) is 0 Å². The Morgan fingerprint density at radius 3 is 2.75 bits per heavy atom. The summed E-state index contributed by atoms with van der Waals surface area (Å²) >= 11 is 0. The van der Waals surface area contributed by atoms with E-state index in [4.69, 9.17) is 15.9 Å². The molecule has 2 fully saturated rings. The van der Waals surface area contributed by atoms with Crippen LogP contribution in [0.2, 0.25) is 0 Å². The molecule has 1 aliphatic carbocycles. The van der Waals surface area contributed by atoms with Crippen molar-refractivity contribution in [2.24, 2.45) is 11.7 Å². The number of hydrogen-bond donors (Lipinski definition) is 2. The number of ether oxygens (including phenoxy) is 1. The summed E-state index contributed by atoms with van der Waals surface area (Å²) in [6.07, 6.45) is 1.45. The first-order valence-corrected chi connectivity index (χ1v) is 7.03. The van der Waals surface area contributed by atoms with E-state index >= 15 is 0 Å². The molecule has 0 spiro atoms. The third-order valence-corrected chi connectivity index (χ3v) is 4.92. The van der Waals surface area contributed by atoms with Crippen LogP contribution in [-0.2, 0) is 14.8 Å². The molecule has 1 aliphatic heterocycles. The minimum atomic E-state index is -3.19. The molecule has 1 unspecified atom stereocenters. The largest absolute Gasteiger partial charge is 0.385 e. The standard InChI is InChI=1S/C9H17N3O3S/c10-9(11)8-5-12(3-4-15-8)16(13,14)6-7-1-2-7/h7-8H,1-6H2,(H3,10,11). The predicted molar refractivity (Wildman–Crippen MR) is 59.7 cm³/mol. The molecule has 1 heterocycles. The Kier molecular flexibility index (Phi) is 3.18. The van der Waals surface area contributed by atoms with Gasteiger partial charge in [0.1, 0.15) is 11.9 Å². The Morgan fingerprint density at radius 1 is 1.50 bits per heavy atom. The van der Waals surface area contributed by atoms with E-state index in [-0.39, 0.29) is 18.1 Å². The molecule has 1 saturated carbocycles.